The van der Waals surface area contributed by atoms with Crippen molar-refractivity contribution in [3.05, 3.63) is 102 Å². The minimum absolute atomic E-state index is 0.103. The molecule has 43 heavy (non-hydrogen) atoms. The van der Waals surface area contributed by atoms with Crippen molar-refractivity contribution in [2.45, 2.75) is 19.0 Å². The van der Waals surface area contributed by atoms with Crippen molar-refractivity contribution in [1.29, 1.82) is 0 Å². The monoisotopic (exact) mass is 582 g/mol. The summed E-state index contributed by atoms with van der Waals surface area (Å²) < 4.78 is 34.4. The number of fused-ring (bicyclic) bond motifs is 1. The van der Waals surface area contributed by atoms with Crippen LogP contribution in [0, 0.1) is 5.82 Å². The van der Waals surface area contributed by atoms with E-state index in [1.165, 1.54) is 18.1 Å². The highest BCUT2D eigenvalue weighted by Crippen LogP contribution is 2.30. The van der Waals surface area contributed by atoms with E-state index in [-0.39, 0.29) is 24.9 Å². The van der Waals surface area contributed by atoms with Gasteiger partial charge in [-0.25, -0.2) is 13.3 Å². The second-order valence-electron chi connectivity index (χ2n) is 10.3. The molecule has 1 aliphatic heterocycles. The highest BCUT2D eigenvalue weighted by atomic mass is 19.1. The van der Waals surface area contributed by atoms with E-state index in [9.17, 15) is 18.4 Å². The van der Waals surface area contributed by atoms with Crippen LogP contribution < -0.4 is 15.4 Å². The zero-order valence-electron chi connectivity index (χ0n) is 23.4. The highest BCUT2D eigenvalue weighted by molar-refractivity contribution is 5.96. The molecule has 2 N–H and O–H groups in total. The van der Waals surface area contributed by atoms with E-state index in [0.717, 1.165) is 11.1 Å². The first-order chi connectivity index (χ1) is 20.8. The molecule has 9 nitrogen and oxygen atoms in total. The SMILES string of the molecule is COc1cc(C(=O)N2CC(F)C2)ccc1Nc1nc2ccc(-c3ccc(NC(=O)[C@H](C)c4ccccc4F)cc3)cn2n1. The Morgan fingerprint density at radius 1 is 1.00 bits per heavy atom. The van der Waals surface area contributed by atoms with Crippen LogP contribution in [0.25, 0.3) is 16.8 Å². The molecule has 2 amide bonds. The zero-order chi connectivity index (χ0) is 30.1. The number of benzene rings is 3. The van der Waals surface area contributed by atoms with Gasteiger partial charge in [0.05, 0.1) is 31.8 Å². The van der Waals surface area contributed by atoms with Gasteiger partial charge in [0.1, 0.15) is 17.7 Å². The van der Waals surface area contributed by atoms with E-state index < -0.39 is 17.9 Å². The van der Waals surface area contributed by atoms with Crippen molar-refractivity contribution < 1.29 is 23.1 Å². The summed E-state index contributed by atoms with van der Waals surface area (Å²) in [4.78, 5) is 31.2. The van der Waals surface area contributed by atoms with E-state index in [4.69, 9.17) is 4.74 Å². The lowest BCUT2D eigenvalue weighted by Crippen LogP contribution is -2.51. The average molecular weight is 583 g/mol. The van der Waals surface area contributed by atoms with E-state index in [0.29, 0.717) is 39.8 Å². The van der Waals surface area contributed by atoms with Gasteiger partial charge < -0.3 is 20.3 Å². The van der Waals surface area contributed by atoms with Crippen LogP contribution in [0.3, 0.4) is 0 Å². The summed E-state index contributed by atoms with van der Waals surface area (Å²) in [6.45, 7) is 1.87. The predicted octanol–water partition coefficient (Wildman–Crippen LogP) is 5.82. The van der Waals surface area contributed by atoms with E-state index >= 15 is 0 Å². The van der Waals surface area contributed by atoms with Crippen LogP contribution >= 0.6 is 0 Å². The third kappa shape index (κ3) is 5.74. The molecule has 11 heteroatoms. The smallest absolute Gasteiger partial charge is 0.254 e. The molecule has 1 atom stereocenters. The fourth-order valence-electron chi connectivity index (χ4n) is 4.89. The number of hydrogen-bond acceptors (Lipinski definition) is 6. The number of carbonyl (C=O) groups is 2. The van der Waals surface area contributed by atoms with Crippen LogP contribution in [-0.2, 0) is 4.79 Å². The first kappa shape index (κ1) is 27.8. The lowest BCUT2D eigenvalue weighted by atomic mass is 9.99. The van der Waals surface area contributed by atoms with Gasteiger partial charge in [-0.05, 0) is 66.6 Å². The van der Waals surface area contributed by atoms with Crippen molar-refractivity contribution in [2.24, 2.45) is 0 Å². The number of carbonyl (C=O) groups excluding carboxylic acids is 2. The van der Waals surface area contributed by atoms with Crippen LogP contribution in [0.15, 0.2) is 85.1 Å². The van der Waals surface area contributed by atoms with Gasteiger partial charge in [-0.1, -0.05) is 30.3 Å². The second-order valence-corrected chi connectivity index (χ2v) is 10.3. The molecular formula is C32H28F2N6O3. The molecule has 1 saturated heterocycles. The number of likely N-dealkylation sites (tertiary alicyclic amines) is 1. The van der Waals surface area contributed by atoms with Crippen LogP contribution in [0.2, 0.25) is 0 Å². The maximum Gasteiger partial charge on any atom is 0.254 e. The summed E-state index contributed by atoms with van der Waals surface area (Å²) in [6.07, 6.45) is 0.869. The molecule has 3 aromatic carbocycles. The fourth-order valence-corrected chi connectivity index (χ4v) is 4.89. The Morgan fingerprint density at radius 2 is 1.74 bits per heavy atom. The number of nitrogens with one attached hydrogen (secondary N) is 2. The molecule has 0 radical (unpaired) electrons. The van der Waals surface area contributed by atoms with E-state index in [2.05, 4.69) is 20.7 Å². The molecule has 5 aromatic rings. The Kier molecular flexibility index (Phi) is 7.45. The number of anilines is 3. The number of halogens is 2. The zero-order valence-corrected chi connectivity index (χ0v) is 23.4. The number of nitrogens with zero attached hydrogens (tertiary/aromatic N) is 4. The van der Waals surface area contributed by atoms with Gasteiger partial charge in [0, 0.05) is 23.0 Å². The molecule has 0 bridgehead atoms. The largest absolute Gasteiger partial charge is 0.495 e. The first-order valence-electron chi connectivity index (χ1n) is 13.7. The third-order valence-electron chi connectivity index (χ3n) is 7.40. The summed E-state index contributed by atoms with van der Waals surface area (Å²) in [7, 11) is 1.50. The summed E-state index contributed by atoms with van der Waals surface area (Å²) in [5.41, 5.74) is 4.32. The first-order valence-corrected chi connectivity index (χ1v) is 13.7. The summed E-state index contributed by atoms with van der Waals surface area (Å²) in [5, 5.41) is 10.5. The minimum atomic E-state index is -0.970. The predicted molar refractivity (Wildman–Crippen MR) is 159 cm³/mol. The summed E-state index contributed by atoms with van der Waals surface area (Å²) in [6, 6.07) is 22.3. The molecule has 218 valence electrons. The molecule has 0 saturated carbocycles. The topological polar surface area (TPSA) is 101 Å². The lowest BCUT2D eigenvalue weighted by molar-refractivity contribution is -0.117. The number of aromatic nitrogens is 3. The standard InChI is InChI=1S/C32H28F2N6O3/c1-19(25-5-3-4-6-26(25)34)30(41)35-24-11-7-20(8-12-24)22-10-14-29-37-32(38-40(29)16-22)36-27-13-9-21(15-28(27)43-2)31(42)39-17-23(33)18-39/h3-16,19,23H,17-18H2,1-2H3,(H,35,41)(H,36,38)/t19-/m1/s1. The Hall–Kier alpha value is -5.32. The van der Waals surface area contributed by atoms with E-state index in [1.807, 2.05) is 30.5 Å². The molecule has 3 heterocycles. The normalized spacial score (nSPS) is 13.8. The van der Waals surface area contributed by atoms with Gasteiger partial charge in [-0.15, -0.1) is 5.10 Å². The number of hydrogen-bond donors (Lipinski definition) is 2. The van der Waals surface area contributed by atoms with Crippen LogP contribution in [-0.4, -0.2) is 57.7 Å². The van der Waals surface area contributed by atoms with Gasteiger partial charge in [0.25, 0.3) is 5.91 Å². The summed E-state index contributed by atoms with van der Waals surface area (Å²) in [5.74, 6) is -0.838. The number of methoxy groups -OCH3 is 1. The number of ether oxygens (including phenoxy) is 1. The molecule has 0 aliphatic carbocycles. The van der Waals surface area contributed by atoms with Crippen molar-refractivity contribution in [3.63, 3.8) is 0 Å². The fraction of sp³-hybridized carbons (Fsp3) is 0.188. The van der Waals surface area contributed by atoms with Crippen molar-refractivity contribution in [2.75, 3.05) is 30.8 Å². The Bertz CT molecular complexity index is 1820. The van der Waals surface area contributed by atoms with Crippen molar-refractivity contribution in [3.8, 4) is 16.9 Å². The molecule has 0 unspecified atom stereocenters. The Morgan fingerprint density at radius 3 is 2.47 bits per heavy atom. The van der Waals surface area contributed by atoms with Crippen LogP contribution in [0.5, 0.6) is 5.75 Å². The maximum absolute atomic E-state index is 14.1. The lowest BCUT2D eigenvalue weighted by Gasteiger charge is -2.34. The van der Waals surface area contributed by atoms with Crippen LogP contribution in [0.1, 0.15) is 28.8 Å². The second kappa shape index (κ2) is 11.5. The molecule has 1 fully saturated rings. The molecule has 6 rings (SSSR count). The van der Waals surface area contributed by atoms with Gasteiger partial charge in [0.2, 0.25) is 11.9 Å². The van der Waals surface area contributed by atoms with Crippen molar-refractivity contribution in [1.82, 2.24) is 19.5 Å². The third-order valence-corrected chi connectivity index (χ3v) is 7.40. The van der Waals surface area contributed by atoms with Crippen LogP contribution in [0.4, 0.5) is 26.1 Å². The highest BCUT2D eigenvalue weighted by Gasteiger charge is 2.31. The Labute approximate surface area is 246 Å². The van der Waals surface area contributed by atoms with Gasteiger partial charge in [0.15, 0.2) is 5.65 Å². The quantitative estimate of drug-likeness (QED) is 0.239. The van der Waals surface area contributed by atoms with E-state index in [1.54, 1.807) is 60.0 Å². The van der Waals surface area contributed by atoms with Gasteiger partial charge in [-0.3, -0.25) is 9.59 Å². The molecular weight excluding hydrogens is 554 g/mol. The molecule has 2 aromatic heterocycles. The minimum Gasteiger partial charge on any atom is -0.495 e. The number of amides is 2. The Balaban J connectivity index is 1.14. The molecule has 1 aliphatic rings. The number of pyridine rings is 1. The van der Waals surface area contributed by atoms with Crippen molar-refractivity contribution >= 4 is 34.8 Å². The molecule has 0 spiro atoms. The number of rotatable bonds is 8. The average Bonchev–Trinajstić information content (AvgIpc) is 3.41. The number of alkyl halides is 1. The summed E-state index contributed by atoms with van der Waals surface area (Å²) >= 11 is 0. The van der Waals surface area contributed by atoms with Gasteiger partial charge in [-0.2, -0.15) is 4.98 Å². The maximum atomic E-state index is 14.1. The van der Waals surface area contributed by atoms with Gasteiger partial charge >= 0.3 is 0 Å².